The van der Waals surface area contributed by atoms with E-state index in [9.17, 15) is 4.79 Å². The highest BCUT2D eigenvalue weighted by Crippen LogP contribution is 2.19. The minimum Gasteiger partial charge on any atom is -0.361 e. The van der Waals surface area contributed by atoms with E-state index in [-0.39, 0.29) is 13.3 Å². The Balaban J connectivity index is 0.000000450. The average Bonchev–Trinajstić information content (AvgIpc) is 3.57. The summed E-state index contributed by atoms with van der Waals surface area (Å²) < 4.78 is 7.34. The van der Waals surface area contributed by atoms with E-state index < -0.39 is 5.76 Å². The maximum absolute atomic E-state index is 10.3. The van der Waals surface area contributed by atoms with E-state index in [1.54, 1.807) is 0 Å². The van der Waals surface area contributed by atoms with E-state index in [4.69, 9.17) is 4.84 Å². The first-order chi connectivity index (χ1) is 16.4. The summed E-state index contributed by atoms with van der Waals surface area (Å²) in [5, 5.41) is 10.8. The van der Waals surface area contributed by atoms with Gasteiger partial charge in [-0.2, -0.15) is 10.1 Å². The van der Waals surface area contributed by atoms with Gasteiger partial charge in [0, 0.05) is 35.6 Å². The number of hydroxylamine groups is 1. The molecule has 4 N–H and O–H groups in total. The lowest BCUT2D eigenvalue weighted by molar-refractivity contribution is 0.176. The van der Waals surface area contributed by atoms with Crippen molar-refractivity contribution in [3.8, 4) is 0 Å². The van der Waals surface area contributed by atoms with Crippen LogP contribution in [0.4, 0.5) is 0 Å². The zero-order valence-corrected chi connectivity index (χ0v) is 22.5. The number of hydrogen-bond acceptors (Lipinski definition) is 11. The summed E-state index contributed by atoms with van der Waals surface area (Å²) in [6.07, 6.45) is 1.52. The summed E-state index contributed by atoms with van der Waals surface area (Å²) >= 11 is 1.49. The summed E-state index contributed by atoms with van der Waals surface area (Å²) in [6.45, 7) is 23.5. The van der Waals surface area contributed by atoms with Crippen molar-refractivity contribution in [3.63, 3.8) is 0 Å². The number of hydrogen-bond donors (Lipinski definition) is 4. The molecule has 0 spiro atoms. The van der Waals surface area contributed by atoms with Crippen LogP contribution >= 0.6 is 11.9 Å². The predicted octanol–water partition coefficient (Wildman–Crippen LogP) is 4.86. The SMILES string of the molecule is C.C=C1N=C(C(C)C)NO1.C=C1N=C(C(C)C)NS1.CC(C)c1ncn[nH]1.CC(C)c1noc(=O)[nH]1. The Hall–Kier alpha value is -3.35. The van der Waals surface area contributed by atoms with Gasteiger partial charge in [0.2, 0.25) is 5.88 Å². The van der Waals surface area contributed by atoms with E-state index in [1.807, 2.05) is 27.7 Å². The summed E-state index contributed by atoms with van der Waals surface area (Å²) in [6, 6.07) is 0. The van der Waals surface area contributed by atoms with Crippen LogP contribution in [0.1, 0.15) is 86.3 Å². The molecule has 0 aliphatic carbocycles. The second kappa shape index (κ2) is 16.3. The monoisotopic (exact) mass is 523 g/mol. The number of aliphatic imine (C=N–C) groups is 2. The van der Waals surface area contributed by atoms with E-state index in [2.05, 4.69) is 90.9 Å². The molecule has 2 aromatic heterocycles. The second-order valence-corrected chi connectivity index (χ2v) is 9.54. The first-order valence-electron chi connectivity index (χ1n) is 11.2. The average molecular weight is 524 g/mol. The lowest BCUT2D eigenvalue weighted by Crippen LogP contribution is -2.21. The maximum atomic E-state index is 10.3. The fraction of sp³-hybridized carbons (Fsp3) is 0.565. The number of amidine groups is 2. The van der Waals surface area contributed by atoms with Gasteiger partial charge >= 0.3 is 5.76 Å². The van der Waals surface area contributed by atoms with Crippen LogP contribution in [0.5, 0.6) is 0 Å². The van der Waals surface area contributed by atoms with Crippen LogP contribution in [-0.2, 0) is 4.84 Å². The third kappa shape index (κ3) is 12.4. The minimum absolute atomic E-state index is 0. The van der Waals surface area contributed by atoms with Crippen molar-refractivity contribution >= 4 is 23.6 Å². The molecule has 202 valence electrons. The topological polar surface area (TPSA) is 158 Å². The molecule has 4 rings (SSSR count). The molecule has 0 fully saturated rings. The zero-order valence-electron chi connectivity index (χ0n) is 21.7. The third-order valence-corrected chi connectivity index (χ3v) is 4.75. The molecule has 0 radical (unpaired) electrons. The van der Waals surface area contributed by atoms with Gasteiger partial charge in [-0.1, -0.05) is 74.6 Å². The molecule has 13 heteroatoms. The van der Waals surface area contributed by atoms with Crippen LogP contribution in [0, 0.1) is 11.8 Å². The Kier molecular flexibility index (Phi) is 14.8. The van der Waals surface area contributed by atoms with Crippen LogP contribution in [-0.4, -0.2) is 37.0 Å². The molecule has 12 nitrogen and oxygen atoms in total. The lowest BCUT2D eigenvalue weighted by Gasteiger charge is -2.01. The molecule has 0 unspecified atom stereocenters. The van der Waals surface area contributed by atoms with E-state index in [0.29, 0.717) is 29.5 Å². The Morgan fingerprint density at radius 1 is 0.889 bits per heavy atom. The summed E-state index contributed by atoms with van der Waals surface area (Å²) in [5.74, 6) is 4.92. The van der Waals surface area contributed by atoms with Gasteiger partial charge in [-0.3, -0.25) is 14.6 Å². The molecule has 0 saturated carbocycles. The molecule has 2 aliphatic heterocycles. The van der Waals surface area contributed by atoms with Gasteiger partial charge in [-0.25, -0.2) is 20.3 Å². The van der Waals surface area contributed by atoms with Gasteiger partial charge in [0.05, 0.1) is 0 Å². The first kappa shape index (κ1) is 32.7. The standard InChI is InChI=1S/C6H10N2O.C6H10N2S.C5H9N3.C5H8N2O2.CH4/c2*1-4(2)6-7-5(3)9-8-6;1-4(2)5-6-3-7-8-5;1-3(2)4-6-5(8)9-7-4;/h2*4H,3H2,1-2H3,(H,7,8);3-4H,1-2H3,(H,6,7,8);3H,1-2H3,(H,6,7,8);1H4. The van der Waals surface area contributed by atoms with Crippen molar-refractivity contribution in [2.45, 2.75) is 74.7 Å². The van der Waals surface area contributed by atoms with Gasteiger partial charge in [0.1, 0.15) is 28.9 Å². The summed E-state index contributed by atoms with van der Waals surface area (Å²) in [4.78, 5) is 29.6. The fourth-order valence-corrected chi connectivity index (χ4v) is 2.71. The normalized spacial score (nSPS) is 13.8. The number of nitrogens with zero attached hydrogens (tertiary/aromatic N) is 5. The van der Waals surface area contributed by atoms with Crippen LogP contribution in [0.2, 0.25) is 0 Å². The Morgan fingerprint density at radius 2 is 1.50 bits per heavy atom. The first-order valence-corrected chi connectivity index (χ1v) is 12.0. The van der Waals surface area contributed by atoms with Crippen LogP contribution in [0.3, 0.4) is 0 Å². The number of rotatable bonds is 4. The molecular weight excluding hydrogens is 482 g/mol. The van der Waals surface area contributed by atoms with Crippen LogP contribution in [0.25, 0.3) is 0 Å². The highest BCUT2D eigenvalue weighted by Gasteiger charge is 2.12. The number of nitrogens with one attached hydrogen (secondary N) is 4. The molecule has 0 atom stereocenters. The zero-order chi connectivity index (χ0) is 26.5. The van der Waals surface area contributed by atoms with Crippen molar-refractivity contribution < 1.29 is 9.36 Å². The van der Waals surface area contributed by atoms with Crippen LogP contribution < -0.4 is 16.0 Å². The number of aromatic amines is 2. The summed E-state index contributed by atoms with van der Waals surface area (Å²) in [7, 11) is 0. The molecule has 0 amide bonds. The van der Waals surface area contributed by atoms with Gasteiger partial charge < -0.3 is 9.56 Å². The molecule has 4 heterocycles. The minimum atomic E-state index is -0.487. The molecular formula is C23H41N9O3S. The Morgan fingerprint density at radius 3 is 1.72 bits per heavy atom. The number of H-pyrrole nitrogens is 2. The largest absolute Gasteiger partial charge is 0.438 e. The Labute approximate surface area is 217 Å². The molecule has 2 aliphatic rings. The molecule has 0 bridgehead atoms. The van der Waals surface area contributed by atoms with E-state index in [0.717, 1.165) is 22.5 Å². The lowest BCUT2D eigenvalue weighted by atomic mass is 10.2. The van der Waals surface area contributed by atoms with Gasteiger partial charge in [0.25, 0.3) is 0 Å². The molecule has 0 saturated heterocycles. The highest BCUT2D eigenvalue weighted by molar-refractivity contribution is 8.02. The van der Waals surface area contributed by atoms with Crippen molar-refractivity contribution in [1.29, 1.82) is 0 Å². The van der Waals surface area contributed by atoms with Gasteiger partial charge in [-0.05, 0) is 6.58 Å². The van der Waals surface area contributed by atoms with Gasteiger partial charge in [-0.15, -0.1) is 0 Å². The third-order valence-electron chi connectivity index (χ3n) is 4.12. The van der Waals surface area contributed by atoms with Crippen molar-refractivity contribution in [2.75, 3.05) is 0 Å². The van der Waals surface area contributed by atoms with Crippen LogP contribution in [0.15, 0.2) is 49.7 Å². The predicted molar refractivity (Wildman–Crippen MR) is 146 cm³/mol. The fourth-order valence-electron chi connectivity index (χ4n) is 2.06. The maximum Gasteiger partial charge on any atom is 0.438 e. The van der Waals surface area contributed by atoms with Crippen molar-refractivity contribution in [1.82, 2.24) is 35.5 Å². The Bertz CT molecular complexity index is 997. The quantitative estimate of drug-likeness (QED) is 0.410. The summed E-state index contributed by atoms with van der Waals surface area (Å²) in [5.41, 5.74) is 2.66. The van der Waals surface area contributed by atoms with Crippen molar-refractivity contribution in [2.24, 2.45) is 21.8 Å². The number of aromatic nitrogens is 5. The second-order valence-electron chi connectivity index (χ2n) is 8.66. The smallest absolute Gasteiger partial charge is 0.361 e. The highest BCUT2D eigenvalue weighted by atomic mass is 32.2. The van der Waals surface area contributed by atoms with E-state index >= 15 is 0 Å². The molecule has 36 heavy (non-hydrogen) atoms. The molecule has 2 aromatic rings. The molecule has 0 aromatic carbocycles. The van der Waals surface area contributed by atoms with E-state index in [1.165, 1.54) is 18.3 Å². The van der Waals surface area contributed by atoms with Gasteiger partial charge in [0.15, 0.2) is 5.82 Å². The van der Waals surface area contributed by atoms with Crippen molar-refractivity contribution in [3.05, 3.63) is 52.6 Å².